The normalized spacial score (nSPS) is 18.4. The van der Waals surface area contributed by atoms with E-state index in [1.165, 1.54) is 16.4 Å². The number of benzene rings is 1. The minimum Gasteiger partial charge on any atom is -0.338 e. The van der Waals surface area contributed by atoms with Crippen LogP contribution >= 0.6 is 23.2 Å². The Morgan fingerprint density at radius 3 is 2.36 bits per heavy atom. The summed E-state index contributed by atoms with van der Waals surface area (Å²) in [4.78, 5) is 6.68. The number of halogens is 2. The Morgan fingerprint density at radius 1 is 1.14 bits per heavy atom. The molecule has 1 aromatic heterocycles. The molecular formula is C18H24Cl2N4O3S. The molecule has 0 radical (unpaired) electrons. The molecule has 1 aliphatic heterocycles. The molecule has 0 saturated carbocycles. The molecule has 0 aliphatic carbocycles. The van der Waals surface area contributed by atoms with Crippen molar-refractivity contribution in [1.29, 1.82) is 0 Å². The van der Waals surface area contributed by atoms with Gasteiger partial charge in [0.25, 0.3) is 0 Å². The first-order valence-electron chi connectivity index (χ1n) is 9.03. The molecule has 1 fully saturated rings. The highest BCUT2D eigenvalue weighted by molar-refractivity contribution is 7.89. The molecule has 7 nitrogen and oxygen atoms in total. The molecule has 0 amide bonds. The van der Waals surface area contributed by atoms with E-state index in [9.17, 15) is 8.42 Å². The van der Waals surface area contributed by atoms with Gasteiger partial charge in [-0.2, -0.15) is 9.29 Å². The van der Waals surface area contributed by atoms with Crippen LogP contribution in [0.3, 0.4) is 0 Å². The van der Waals surface area contributed by atoms with E-state index in [0.29, 0.717) is 42.9 Å². The van der Waals surface area contributed by atoms with Gasteiger partial charge in [-0.25, -0.2) is 8.42 Å². The average molecular weight is 447 g/mol. The largest absolute Gasteiger partial charge is 0.338 e. The van der Waals surface area contributed by atoms with Crippen molar-refractivity contribution >= 4 is 33.2 Å². The van der Waals surface area contributed by atoms with Crippen molar-refractivity contribution in [3.8, 4) is 0 Å². The van der Waals surface area contributed by atoms with Crippen molar-refractivity contribution in [2.45, 2.75) is 44.0 Å². The van der Waals surface area contributed by atoms with Crippen LogP contribution in [0, 0.1) is 0 Å². The number of rotatable bonds is 4. The van der Waals surface area contributed by atoms with Crippen molar-refractivity contribution in [2.24, 2.45) is 0 Å². The predicted octanol–water partition coefficient (Wildman–Crippen LogP) is 3.74. The fourth-order valence-corrected chi connectivity index (χ4v) is 5.17. The van der Waals surface area contributed by atoms with Crippen LogP contribution in [0.2, 0.25) is 10.0 Å². The topological polar surface area (TPSA) is 79.5 Å². The second kappa shape index (κ2) is 7.91. The Morgan fingerprint density at radius 2 is 1.79 bits per heavy atom. The van der Waals surface area contributed by atoms with Crippen molar-refractivity contribution in [3.05, 3.63) is 40.0 Å². The first-order valence-corrected chi connectivity index (χ1v) is 11.2. The van der Waals surface area contributed by atoms with Crippen LogP contribution in [0.5, 0.6) is 0 Å². The van der Waals surface area contributed by atoms with Crippen molar-refractivity contribution in [2.75, 3.05) is 26.2 Å². The SMILES string of the molecule is C[C@H](c1nc(C(C)(C)C)no1)N1CCN(S(=O)(=O)c2cc(Cl)ccc2Cl)CC1. The minimum atomic E-state index is -3.71. The van der Waals surface area contributed by atoms with Crippen molar-refractivity contribution < 1.29 is 12.9 Å². The summed E-state index contributed by atoms with van der Waals surface area (Å²) in [6, 6.07) is 4.36. The van der Waals surface area contributed by atoms with Crippen LogP contribution in [-0.2, 0) is 15.4 Å². The predicted molar refractivity (Wildman–Crippen MR) is 108 cm³/mol. The average Bonchev–Trinajstić information content (AvgIpc) is 3.13. The second-order valence-electron chi connectivity index (χ2n) is 7.90. The van der Waals surface area contributed by atoms with Gasteiger partial charge in [0.1, 0.15) is 4.90 Å². The number of hydrogen-bond donors (Lipinski definition) is 0. The third-order valence-corrected chi connectivity index (χ3v) is 7.42. The Hall–Kier alpha value is -1.19. The molecule has 10 heteroatoms. The monoisotopic (exact) mass is 446 g/mol. The summed E-state index contributed by atoms with van der Waals surface area (Å²) < 4.78 is 32.8. The van der Waals surface area contributed by atoms with E-state index in [-0.39, 0.29) is 21.4 Å². The molecule has 1 atom stereocenters. The molecule has 3 rings (SSSR count). The van der Waals surface area contributed by atoms with E-state index in [0.717, 1.165) is 0 Å². The maximum absolute atomic E-state index is 12.9. The van der Waals surface area contributed by atoms with Gasteiger partial charge in [-0.15, -0.1) is 0 Å². The molecule has 0 bridgehead atoms. The fourth-order valence-electron chi connectivity index (χ4n) is 3.01. The summed E-state index contributed by atoms with van der Waals surface area (Å²) in [6.07, 6.45) is 0. The standard InChI is InChI=1S/C18H24Cl2N4O3S/c1-12(16-21-17(22-27-16)18(2,3)4)23-7-9-24(10-8-23)28(25,26)15-11-13(19)5-6-14(15)20/h5-6,11-12H,7-10H2,1-4H3/t12-/m1/s1. The van der Waals surface area contributed by atoms with Gasteiger partial charge in [0.2, 0.25) is 15.9 Å². The molecule has 28 heavy (non-hydrogen) atoms. The minimum absolute atomic E-state index is 0.0369. The maximum atomic E-state index is 12.9. The number of hydrogen-bond acceptors (Lipinski definition) is 6. The van der Waals surface area contributed by atoms with Gasteiger partial charge in [-0.1, -0.05) is 49.1 Å². The fraction of sp³-hybridized carbons (Fsp3) is 0.556. The van der Waals surface area contributed by atoms with Crippen LogP contribution < -0.4 is 0 Å². The lowest BCUT2D eigenvalue weighted by atomic mass is 9.96. The van der Waals surface area contributed by atoms with E-state index in [1.807, 2.05) is 27.7 Å². The molecule has 1 aromatic carbocycles. The molecule has 0 spiro atoms. The first-order chi connectivity index (χ1) is 13.0. The van der Waals surface area contributed by atoms with Gasteiger partial charge in [-0.3, -0.25) is 4.90 Å². The molecule has 2 heterocycles. The highest BCUT2D eigenvalue weighted by Crippen LogP contribution is 2.30. The maximum Gasteiger partial charge on any atom is 0.244 e. The van der Waals surface area contributed by atoms with Crippen LogP contribution in [-0.4, -0.2) is 53.9 Å². The molecule has 2 aromatic rings. The lowest BCUT2D eigenvalue weighted by Crippen LogP contribution is -2.49. The van der Waals surface area contributed by atoms with E-state index >= 15 is 0 Å². The van der Waals surface area contributed by atoms with Crippen molar-refractivity contribution in [1.82, 2.24) is 19.3 Å². The van der Waals surface area contributed by atoms with Gasteiger partial charge in [0, 0.05) is 36.6 Å². The number of aromatic nitrogens is 2. The summed E-state index contributed by atoms with van der Waals surface area (Å²) in [7, 11) is -3.71. The lowest BCUT2D eigenvalue weighted by molar-refractivity contribution is 0.124. The van der Waals surface area contributed by atoms with Crippen LogP contribution in [0.15, 0.2) is 27.6 Å². The quantitative estimate of drug-likeness (QED) is 0.711. The second-order valence-corrected chi connectivity index (χ2v) is 10.6. The molecule has 1 aliphatic rings. The number of nitrogens with zero attached hydrogens (tertiary/aromatic N) is 4. The van der Waals surface area contributed by atoms with Gasteiger partial charge >= 0.3 is 0 Å². The van der Waals surface area contributed by atoms with E-state index in [4.69, 9.17) is 27.7 Å². The zero-order valence-corrected chi connectivity index (χ0v) is 18.6. The van der Waals surface area contributed by atoms with Crippen molar-refractivity contribution in [3.63, 3.8) is 0 Å². The van der Waals surface area contributed by atoms with Crippen LogP contribution in [0.4, 0.5) is 0 Å². The van der Waals surface area contributed by atoms with E-state index < -0.39 is 10.0 Å². The molecule has 0 N–H and O–H groups in total. The third-order valence-electron chi connectivity index (χ3n) is 4.80. The Balaban J connectivity index is 1.70. The summed E-state index contributed by atoms with van der Waals surface area (Å²) in [5.41, 5.74) is -0.190. The molecule has 154 valence electrons. The van der Waals surface area contributed by atoms with E-state index in [2.05, 4.69) is 15.0 Å². The summed E-state index contributed by atoms with van der Waals surface area (Å²) in [5, 5.41) is 4.57. The highest BCUT2D eigenvalue weighted by Gasteiger charge is 2.33. The van der Waals surface area contributed by atoms with Gasteiger partial charge in [-0.05, 0) is 25.1 Å². The molecule has 1 saturated heterocycles. The Bertz CT molecular complexity index is 948. The number of piperazine rings is 1. The third kappa shape index (κ3) is 4.36. The van der Waals surface area contributed by atoms with Gasteiger partial charge < -0.3 is 4.52 Å². The smallest absolute Gasteiger partial charge is 0.244 e. The number of sulfonamides is 1. The molecular weight excluding hydrogens is 423 g/mol. The summed E-state index contributed by atoms with van der Waals surface area (Å²) >= 11 is 12.1. The molecule has 0 unspecified atom stereocenters. The zero-order chi connectivity index (χ0) is 20.7. The first kappa shape index (κ1) is 21.5. The van der Waals surface area contributed by atoms with Gasteiger partial charge in [0.15, 0.2) is 5.82 Å². The van der Waals surface area contributed by atoms with Gasteiger partial charge in [0.05, 0.1) is 11.1 Å². The summed E-state index contributed by atoms with van der Waals surface area (Å²) in [5.74, 6) is 1.20. The lowest BCUT2D eigenvalue weighted by Gasteiger charge is -2.36. The van der Waals surface area contributed by atoms with E-state index in [1.54, 1.807) is 6.07 Å². The summed E-state index contributed by atoms with van der Waals surface area (Å²) in [6.45, 7) is 9.84. The van der Waals surface area contributed by atoms with Crippen LogP contribution in [0.1, 0.15) is 45.5 Å². The van der Waals surface area contributed by atoms with Crippen LogP contribution in [0.25, 0.3) is 0 Å². The Labute approximate surface area is 175 Å². The zero-order valence-electron chi connectivity index (χ0n) is 16.3. The Kier molecular flexibility index (Phi) is 6.08. The highest BCUT2D eigenvalue weighted by atomic mass is 35.5.